The third-order valence-electron chi connectivity index (χ3n) is 2.90. The summed E-state index contributed by atoms with van der Waals surface area (Å²) in [5.41, 5.74) is -0.152. The lowest BCUT2D eigenvalue weighted by molar-refractivity contribution is 0.0689. The van der Waals surface area contributed by atoms with Gasteiger partial charge in [-0.1, -0.05) is 0 Å². The number of halogens is 2. The van der Waals surface area contributed by atoms with Gasteiger partial charge in [0.25, 0.3) is 0 Å². The number of ether oxygens (including phenoxy) is 2. The molecule has 0 radical (unpaired) electrons. The Balaban J connectivity index is 2.81. The van der Waals surface area contributed by atoms with Crippen molar-refractivity contribution in [1.29, 1.82) is 0 Å². The fraction of sp³-hybridized carbons (Fsp3) is 0.231. The molecule has 0 aliphatic carbocycles. The van der Waals surface area contributed by atoms with Crippen LogP contribution in [-0.4, -0.2) is 35.1 Å². The van der Waals surface area contributed by atoms with Crippen molar-refractivity contribution < 1.29 is 28.2 Å². The van der Waals surface area contributed by atoms with E-state index in [1.165, 1.54) is 32.0 Å². The van der Waals surface area contributed by atoms with E-state index < -0.39 is 17.6 Å². The summed E-state index contributed by atoms with van der Waals surface area (Å²) in [5.74, 6) is -3.62. The van der Waals surface area contributed by atoms with Crippen molar-refractivity contribution >= 4 is 5.97 Å². The minimum Gasteiger partial charge on any atom is -0.493 e. The Labute approximate surface area is 118 Å². The second-order valence-electron chi connectivity index (χ2n) is 4.13. The SMILES string of the molecule is COc1c(F)cc(F)c(OC)c1-c1cc(C(=O)O)nn1C. The molecule has 2 rings (SSSR count). The minimum absolute atomic E-state index is 0.0417. The van der Waals surface area contributed by atoms with Gasteiger partial charge in [-0.05, 0) is 6.07 Å². The first-order valence-corrected chi connectivity index (χ1v) is 5.78. The first-order chi connectivity index (χ1) is 9.90. The third kappa shape index (κ3) is 2.39. The van der Waals surface area contributed by atoms with Gasteiger partial charge in [0.2, 0.25) is 0 Å². The highest BCUT2D eigenvalue weighted by atomic mass is 19.1. The standard InChI is InChI=1S/C13H12F2N2O4/c1-17-9(5-8(16-17)13(18)19)10-11(20-2)6(14)4-7(15)12(10)21-3/h4-5H,1-3H3,(H,18,19). The number of methoxy groups -OCH3 is 2. The molecule has 1 N–H and O–H groups in total. The fourth-order valence-electron chi connectivity index (χ4n) is 2.02. The minimum atomic E-state index is -1.26. The van der Waals surface area contributed by atoms with E-state index >= 15 is 0 Å². The predicted octanol–water partition coefficient (Wildman–Crippen LogP) is 2.08. The van der Waals surface area contributed by atoms with Crippen LogP contribution < -0.4 is 9.47 Å². The molecule has 1 aromatic heterocycles. The fourth-order valence-corrected chi connectivity index (χ4v) is 2.02. The zero-order valence-electron chi connectivity index (χ0n) is 11.5. The number of aromatic carboxylic acids is 1. The number of nitrogens with zero attached hydrogens (tertiary/aromatic N) is 2. The summed E-state index contributed by atoms with van der Waals surface area (Å²) in [5, 5.41) is 12.7. The molecule has 1 aromatic carbocycles. The van der Waals surface area contributed by atoms with E-state index in [1.807, 2.05) is 0 Å². The molecule has 112 valence electrons. The van der Waals surface area contributed by atoms with Gasteiger partial charge in [-0.15, -0.1) is 0 Å². The molecule has 0 atom stereocenters. The Kier molecular flexibility index (Phi) is 3.79. The molecule has 0 saturated carbocycles. The van der Waals surface area contributed by atoms with Crippen molar-refractivity contribution in [3.63, 3.8) is 0 Å². The molecule has 0 bridgehead atoms. The number of hydrogen-bond acceptors (Lipinski definition) is 4. The normalized spacial score (nSPS) is 10.5. The van der Waals surface area contributed by atoms with Gasteiger partial charge in [0.05, 0.1) is 25.5 Å². The summed E-state index contributed by atoms with van der Waals surface area (Å²) in [6.07, 6.45) is 0. The average Bonchev–Trinajstić information content (AvgIpc) is 2.80. The molecule has 2 aromatic rings. The molecule has 0 unspecified atom stereocenters. The molecule has 1 heterocycles. The molecule has 0 fully saturated rings. The summed E-state index contributed by atoms with van der Waals surface area (Å²) in [6.45, 7) is 0. The molecule has 21 heavy (non-hydrogen) atoms. The maximum atomic E-state index is 13.8. The van der Waals surface area contributed by atoms with Crippen LogP contribution in [-0.2, 0) is 7.05 Å². The maximum absolute atomic E-state index is 13.8. The highest BCUT2D eigenvalue weighted by Crippen LogP contribution is 2.42. The average molecular weight is 298 g/mol. The lowest BCUT2D eigenvalue weighted by Crippen LogP contribution is -2.03. The van der Waals surface area contributed by atoms with Gasteiger partial charge in [-0.3, -0.25) is 4.68 Å². The highest BCUT2D eigenvalue weighted by Gasteiger charge is 2.25. The molecular formula is C13H12F2N2O4. The topological polar surface area (TPSA) is 73.6 Å². The molecule has 0 amide bonds. The van der Waals surface area contributed by atoms with Crippen molar-refractivity contribution in [3.8, 4) is 22.8 Å². The van der Waals surface area contributed by atoms with Crippen LogP contribution in [0.25, 0.3) is 11.3 Å². The summed E-state index contributed by atoms with van der Waals surface area (Å²) in [6, 6.07) is 1.82. The van der Waals surface area contributed by atoms with Crippen LogP contribution in [0.3, 0.4) is 0 Å². The Morgan fingerprint density at radius 1 is 1.19 bits per heavy atom. The second-order valence-corrected chi connectivity index (χ2v) is 4.13. The first kappa shape index (κ1) is 14.8. The number of carboxylic acid groups (broad SMARTS) is 1. The van der Waals surface area contributed by atoms with Crippen molar-refractivity contribution in [2.45, 2.75) is 0 Å². The van der Waals surface area contributed by atoms with E-state index in [1.54, 1.807) is 0 Å². The monoisotopic (exact) mass is 298 g/mol. The number of rotatable bonds is 4. The Morgan fingerprint density at radius 3 is 2.10 bits per heavy atom. The van der Waals surface area contributed by atoms with E-state index in [2.05, 4.69) is 5.10 Å². The van der Waals surface area contributed by atoms with E-state index in [-0.39, 0.29) is 28.5 Å². The Morgan fingerprint density at radius 2 is 1.71 bits per heavy atom. The lowest BCUT2D eigenvalue weighted by atomic mass is 10.1. The van der Waals surface area contributed by atoms with Crippen LogP contribution in [0, 0.1) is 11.6 Å². The Bertz CT molecular complexity index is 684. The van der Waals surface area contributed by atoms with Gasteiger partial charge in [-0.25, -0.2) is 13.6 Å². The molecule has 0 aliphatic heterocycles. The van der Waals surface area contributed by atoms with Gasteiger partial charge >= 0.3 is 5.97 Å². The van der Waals surface area contributed by atoms with Gasteiger partial charge in [0.1, 0.15) is 0 Å². The second kappa shape index (κ2) is 5.39. The van der Waals surface area contributed by atoms with Crippen LogP contribution >= 0.6 is 0 Å². The van der Waals surface area contributed by atoms with E-state index in [4.69, 9.17) is 14.6 Å². The van der Waals surface area contributed by atoms with E-state index in [0.717, 1.165) is 0 Å². The number of aromatic nitrogens is 2. The van der Waals surface area contributed by atoms with Crippen LogP contribution in [0.5, 0.6) is 11.5 Å². The van der Waals surface area contributed by atoms with Crippen molar-refractivity contribution in [3.05, 3.63) is 29.5 Å². The quantitative estimate of drug-likeness (QED) is 0.935. The highest BCUT2D eigenvalue weighted by molar-refractivity contribution is 5.88. The van der Waals surface area contributed by atoms with Crippen molar-refractivity contribution in [2.24, 2.45) is 7.05 Å². The van der Waals surface area contributed by atoms with Crippen LogP contribution in [0.15, 0.2) is 12.1 Å². The van der Waals surface area contributed by atoms with Gasteiger partial charge < -0.3 is 14.6 Å². The largest absolute Gasteiger partial charge is 0.493 e. The zero-order chi connectivity index (χ0) is 15.7. The molecular weight excluding hydrogens is 286 g/mol. The third-order valence-corrected chi connectivity index (χ3v) is 2.90. The Hall–Kier alpha value is -2.64. The van der Waals surface area contributed by atoms with Crippen LogP contribution in [0.2, 0.25) is 0 Å². The number of hydrogen-bond donors (Lipinski definition) is 1. The van der Waals surface area contributed by atoms with Gasteiger partial charge in [0.15, 0.2) is 28.8 Å². The van der Waals surface area contributed by atoms with E-state index in [9.17, 15) is 13.6 Å². The van der Waals surface area contributed by atoms with Gasteiger partial charge in [0, 0.05) is 13.1 Å². The number of carboxylic acids is 1. The molecule has 8 heteroatoms. The summed E-state index contributed by atoms with van der Waals surface area (Å²) in [4.78, 5) is 11.0. The summed E-state index contributed by atoms with van der Waals surface area (Å²) >= 11 is 0. The van der Waals surface area contributed by atoms with Crippen LogP contribution in [0.4, 0.5) is 8.78 Å². The maximum Gasteiger partial charge on any atom is 0.356 e. The van der Waals surface area contributed by atoms with E-state index in [0.29, 0.717) is 6.07 Å². The van der Waals surface area contributed by atoms with Gasteiger partial charge in [-0.2, -0.15) is 5.10 Å². The molecule has 6 nitrogen and oxygen atoms in total. The predicted molar refractivity (Wildman–Crippen MR) is 68.6 cm³/mol. The van der Waals surface area contributed by atoms with Crippen molar-refractivity contribution in [1.82, 2.24) is 9.78 Å². The first-order valence-electron chi connectivity index (χ1n) is 5.78. The number of carbonyl (C=O) groups is 1. The molecule has 0 spiro atoms. The number of benzene rings is 1. The summed E-state index contributed by atoms with van der Waals surface area (Å²) < 4.78 is 38.8. The van der Waals surface area contributed by atoms with Crippen molar-refractivity contribution in [2.75, 3.05) is 14.2 Å². The molecule has 0 aliphatic rings. The zero-order valence-corrected chi connectivity index (χ0v) is 11.5. The lowest BCUT2D eigenvalue weighted by Gasteiger charge is -2.14. The molecule has 0 saturated heterocycles. The summed E-state index contributed by atoms with van der Waals surface area (Å²) in [7, 11) is 3.88. The smallest absolute Gasteiger partial charge is 0.356 e. The van der Waals surface area contributed by atoms with Crippen LogP contribution in [0.1, 0.15) is 10.5 Å². The number of aryl methyl sites for hydroxylation is 1.